The van der Waals surface area contributed by atoms with E-state index in [1.807, 2.05) is 0 Å². The Kier molecular flexibility index (Phi) is 2.52. The van der Waals surface area contributed by atoms with Crippen LogP contribution >= 0.6 is 0 Å². The first-order chi connectivity index (χ1) is 7.88. The van der Waals surface area contributed by atoms with Gasteiger partial charge in [0, 0.05) is 31.7 Å². The highest BCUT2D eigenvalue weighted by Gasteiger charge is 2.21. The van der Waals surface area contributed by atoms with Gasteiger partial charge in [0.15, 0.2) is 0 Å². The Hall–Kier alpha value is -1.16. The van der Waals surface area contributed by atoms with Crippen molar-refractivity contribution in [3.63, 3.8) is 0 Å². The van der Waals surface area contributed by atoms with E-state index in [4.69, 9.17) is 9.97 Å². The number of hydrogen-bond acceptors (Lipinski definition) is 4. The molecule has 0 unspecified atom stereocenters. The number of aromatic nitrogens is 2. The first kappa shape index (κ1) is 10.0. The maximum atomic E-state index is 4.72. The van der Waals surface area contributed by atoms with Crippen molar-refractivity contribution in [3.8, 4) is 0 Å². The van der Waals surface area contributed by atoms with Crippen molar-refractivity contribution in [2.45, 2.75) is 39.3 Å². The lowest BCUT2D eigenvalue weighted by Gasteiger charge is -2.17. The average molecular weight is 218 g/mol. The summed E-state index contributed by atoms with van der Waals surface area (Å²) in [6.07, 6.45) is 3.56. The van der Waals surface area contributed by atoms with Gasteiger partial charge in [-0.15, -0.1) is 0 Å². The van der Waals surface area contributed by atoms with E-state index in [-0.39, 0.29) is 0 Å². The largest absolute Gasteiger partial charge is 0.341 e. The molecule has 3 heterocycles. The molecule has 3 rings (SSSR count). The van der Waals surface area contributed by atoms with Crippen molar-refractivity contribution < 1.29 is 0 Å². The zero-order chi connectivity index (χ0) is 11.0. The number of nitrogens with zero attached hydrogens (tertiary/aromatic N) is 3. The molecule has 1 fully saturated rings. The minimum absolute atomic E-state index is 0.908. The summed E-state index contributed by atoms with van der Waals surface area (Å²) in [5.41, 5.74) is 3.79. The molecule has 0 atom stereocenters. The molecular formula is C12H18N4. The maximum Gasteiger partial charge on any atom is 0.225 e. The molecule has 0 spiro atoms. The summed E-state index contributed by atoms with van der Waals surface area (Å²) in [5.74, 6) is 0.955. The van der Waals surface area contributed by atoms with Gasteiger partial charge in [-0.3, -0.25) is 0 Å². The van der Waals surface area contributed by atoms with Crippen LogP contribution in [0.2, 0.25) is 0 Å². The third-order valence-electron chi connectivity index (χ3n) is 3.48. The van der Waals surface area contributed by atoms with Crippen LogP contribution in [0.4, 0.5) is 5.95 Å². The van der Waals surface area contributed by atoms with Crippen molar-refractivity contribution >= 4 is 5.95 Å². The summed E-state index contributed by atoms with van der Waals surface area (Å²) in [6.45, 7) is 6.27. The smallest absolute Gasteiger partial charge is 0.225 e. The Balaban J connectivity index is 2.00. The minimum Gasteiger partial charge on any atom is -0.341 e. The molecule has 1 aromatic heterocycles. The van der Waals surface area contributed by atoms with Crippen LogP contribution in [0.25, 0.3) is 0 Å². The fourth-order valence-corrected chi connectivity index (χ4v) is 2.58. The van der Waals surface area contributed by atoms with Crippen LogP contribution in [-0.4, -0.2) is 23.1 Å². The van der Waals surface area contributed by atoms with E-state index in [9.17, 15) is 0 Å². The second-order valence-electron chi connectivity index (χ2n) is 4.55. The summed E-state index contributed by atoms with van der Waals surface area (Å²) < 4.78 is 0. The fraction of sp³-hybridized carbons (Fsp3) is 0.667. The molecule has 0 radical (unpaired) electrons. The molecule has 4 heteroatoms. The van der Waals surface area contributed by atoms with Gasteiger partial charge in [0.1, 0.15) is 0 Å². The van der Waals surface area contributed by atoms with Gasteiger partial charge in [-0.05, 0) is 19.3 Å². The van der Waals surface area contributed by atoms with E-state index < -0.39 is 0 Å². The van der Waals surface area contributed by atoms with Crippen LogP contribution < -0.4 is 10.2 Å². The predicted molar refractivity (Wildman–Crippen MR) is 63.4 cm³/mol. The molecular weight excluding hydrogens is 200 g/mol. The molecule has 2 aliphatic rings. The third-order valence-corrected chi connectivity index (χ3v) is 3.48. The highest BCUT2D eigenvalue weighted by Crippen LogP contribution is 2.23. The monoisotopic (exact) mass is 218 g/mol. The summed E-state index contributed by atoms with van der Waals surface area (Å²) in [4.78, 5) is 11.7. The molecule has 0 amide bonds. The lowest BCUT2D eigenvalue weighted by atomic mass is 10.1. The van der Waals surface area contributed by atoms with Crippen molar-refractivity contribution in [2.24, 2.45) is 0 Å². The van der Waals surface area contributed by atoms with Crippen molar-refractivity contribution in [1.29, 1.82) is 0 Å². The molecule has 0 saturated carbocycles. The Morgan fingerprint density at radius 3 is 2.75 bits per heavy atom. The lowest BCUT2D eigenvalue weighted by Crippen LogP contribution is -2.22. The van der Waals surface area contributed by atoms with Gasteiger partial charge in [-0.1, -0.05) is 6.92 Å². The zero-order valence-corrected chi connectivity index (χ0v) is 9.79. The highest BCUT2D eigenvalue weighted by molar-refractivity contribution is 5.39. The Labute approximate surface area is 96.1 Å². The van der Waals surface area contributed by atoms with Crippen molar-refractivity contribution in [1.82, 2.24) is 15.3 Å². The second kappa shape index (κ2) is 4.01. The van der Waals surface area contributed by atoms with Crippen LogP contribution in [0.1, 0.15) is 36.7 Å². The molecule has 86 valence electrons. The van der Waals surface area contributed by atoms with Crippen LogP contribution in [0.5, 0.6) is 0 Å². The number of anilines is 1. The summed E-state index contributed by atoms with van der Waals surface area (Å²) >= 11 is 0. The molecule has 0 aliphatic carbocycles. The number of rotatable bonds is 2. The van der Waals surface area contributed by atoms with Gasteiger partial charge in [-0.25, -0.2) is 9.97 Å². The molecule has 0 bridgehead atoms. The first-order valence-electron chi connectivity index (χ1n) is 6.23. The number of hydrogen-bond donors (Lipinski definition) is 1. The Morgan fingerprint density at radius 2 is 2.00 bits per heavy atom. The Morgan fingerprint density at radius 1 is 1.19 bits per heavy atom. The SMILES string of the molecule is CCc1nc(N2CCCC2)nc2c1CNC2. The molecule has 0 aromatic carbocycles. The van der Waals surface area contributed by atoms with Crippen LogP contribution in [0.3, 0.4) is 0 Å². The second-order valence-corrected chi connectivity index (χ2v) is 4.55. The van der Waals surface area contributed by atoms with Crippen LogP contribution in [0, 0.1) is 0 Å². The number of nitrogens with one attached hydrogen (secondary N) is 1. The van der Waals surface area contributed by atoms with Gasteiger partial charge in [-0.2, -0.15) is 0 Å². The first-order valence-corrected chi connectivity index (χ1v) is 6.23. The van der Waals surface area contributed by atoms with E-state index in [1.165, 1.54) is 29.8 Å². The van der Waals surface area contributed by atoms with E-state index >= 15 is 0 Å². The third kappa shape index (κ3) is 1.57. The summed E-state index contributed by atoms with van der Waals surface area (Å²) in [6, 6.07) is 0. The fourth-order valence-electron chi connectivity index (χ4n) is 2.58. The lowest BCUT2D eigenvalue weighted by molar-refractivity contribution is 0.755. The Bertz CT molecular complexity index is 396. The number of fused-ring (bicyclic) bond motifs is 1. The van der Waals surface area contributed by atoms with E-state index in [2.05, 4.69) is 17.1 Å². The van der Waals surface area contributed by atoms with E-state index in [0.29, 0.717) is 0 Å². The molecule has 4 nitrogen and oxygen atoms in total. The standard InChI is InChI=1S/C12H18N4/c1-2-10-9-7-13-8-11(9)15-12(14-10)16-5-3-4-6-16/h13H,2-8H2,1H3. The van der Waals surface area contributed by atoms with Gasteiger partial charge >= 0.3 is 0 Å². The summed E-state index contributed by atoms with van der Waals surface area (Å²) in [7, 11) is 0. The van der Waals surface area contributed by atoms with E-state index in [0.717, 1.165) is 38.5 Å². The zero-order valence-electron chi connectivity index (χ0n) is 9.79. The molecule has 1 N–H and O–H groups in total. The topological polar surface area (TPSA) is 41.1 Å². The molecule has 1 aromatic rings. The molecule has 16 heavy (non-hydrogen) atoms. The highest BCUT2D eigenvalue weighted by atomic mass is 15.3. The van der Waals surface area contributed by atoms with Gasteiger partial charge in [0.05, 0.1) is 11.4 Å². The molecule has 1 saturated heterocycles. The van der Waals surface area contributed by atoms with Crippen molar-refractivity contribution in [2.75, 3.05) is 18.0 Å². The van der Waals surface area contributed by atoms with Crippen LogP contribution in [0.15, 0.2) is 0 Å². The van der Waals surface area contributed by atoms with Crippen LogP contribution in [-0.2, 0) is 19.5 Å². The number of aryl methyl sites for hydroxylation is 1. The van der Waals surface area contributed by atoms with Crippen molar-refractivity contribution in [3.05, 3.63) is 17.0 Å². The van der Waals surface area contributed by atoms with Gasteiger partial charge < -0.3 is 10.2 Å². The quantitative estimate of drug-likeness (QED) is 0.811. The maximum absolute atomic E-state index is 4.72. The average Bonchev–Trinajstić information content (AvgIpc) is 2.97. The normalized spacial score (nSPS) is 19.2. The van der Waals surface area contributed by atoms with Gasteiger partial charge in [0.25, 0.3) is 0 Å². The van der Waals surface area contributed by atoms with E-state index in [1.54, 1.807) is 0 Å². The minimum atomic E-state index is 0.908. The predicted octanol–water partition coefficient (Wildman–Crippen LogP) is 1.24. The summed E-state index contributed by atoms with van der Waals surface area (Å²) in [5, 5.41) is 3.36. The van der Waals surface area contributed by atoms with Gasteiger partial charge in [0.2, 0.25) is 5.95 Å². The molecule has 2 aliphatic heterocycles.